The Morgan fingerprint density at radius 2 is 2.00 bits per heavy atom. The zero-order chi connectivity index (χ0) is 13.8. The highest BCUT2D eigenvalue weighted by Crippen LogP contribution is 2.13. The molecule has 1 aromatic rings. The molecule has 0 aromatic carbocycles. The fourth-order valence-corrected chi connectivity index (χ4v) is 1.78. The third kappa shape index (κ3) is 5.29. The molecule has 0 amide bonds. The molecule has 1 aromatic heterocycles. The number of alkyl halides is 3. The van der Waals surface area contributed by atoms with Crippen LogP contribution in [0.4, 0.5) is 19.0 Å². The average Bonchev–Trinajstić information content (AvgIpc) is 2.26. The summed E-state index contributed by atoms with van der Waals surface area (Å²) in [4.78, 5) is 3.69. The maximum absolute atomic E-state index is 11.8. The molecule has 1 heterocycles. The predicted octanol–water partition coefficient (Wildman–Crippen LogP) is 0.349. The van der Waals surface area contributed by atoms with Crippen molar-refractivity contribution >= 4 is 16.0 Å². The Balaban J connectivity index is 2.64. The first-order valence-corrected chi connectivity index (χ1v) is 6.19. The zero-order valence-corrected chi connectivity index (χ0v) is 9.85. The Kier molecular flexibility index (Phi) is 4.48. The van der Waals surface area contributed by atoms with Crippen LogP contribution in [0.25, 0.3) is 0 Å². The van der Waals surface area contributed by atoms with Gasteiger partial charge in [-0.05, 0) is 11.6 Å². The summed E-state index contributed by atoms with van der Waals surface area (Å²) in [6.07, 6.45) is -3.30. The van der Waals surface area contributed by atoms with E-state index in [0.29, 0.717) is 5.56 Å². The summed E-state index contributed by atoms with van der Waals surface area (Å²) in [5.74, 6) is -0.0955. The highest BCUT2D eigenvalue weighted by Gasteiger charge is 2.29. The molecule has 0 unspecified atom stereocenters. The standard InChI is InChI=1S/C8H11F3N4O2S/c9-8(10,11)5-14-18(16,17)15-7-2-1-6(3-12)4-13-7/h1-2,4,14H,3,5,12H2,(H,13,15). The molecule has 4 N–H and O–H groups in total. The van der Waals surface area contributed by atoms with Gasteiger partial charge in [0.1, 0.15) is 12.4 Å². The van der Waals surface area contributed by atoms with Gasteiger partial charge in [-0.2, -0.15) is 26.3 Å². The van der Waals surface area contributed by atoms with E-state index in [1.165, 1.54) is 23.1 Å². The number of hydrogen-bond donors (Lipinski definition) is 3. The highest BCUT2D eigenvalue weighted by atomic mass is 32.2. The van der Waals surface area contributed by atoms with Crippen molar-refractivity contribution in [2.24, 2.45) is 5.73 Å². The van der Waals surface area contributed by atoms with Gasteiger partial charge < -0.3 is 5.73 Å². The quantitative estimate of drug-likeness (QED) is 0.726. The van der Waals surface area contributed by atoms with Crippen LogP contribution in [-0.2, 0) is 16.8 Å². The van der Waals surface area contributed by atoms with Gasteiger partial charge in [0.2, 0.25) is 0 Å². The summed E-state index contributed by atoms with van der Waals surface area (Å²) in [6.45, 7) is -1.42. The minimum atomic E-state index is -4.62. The lowest BCUT2D eigenvalue weighted by Gasteiger charge is -2.10. The molecular formula is C8H11F3N4O2S. The van der Waals surface area contributed by atoms with E-state index < -0.39 is 22.9 Å². The van der Waals surface area contributed by atoms with Gasteiger partial charge in [0, 0.05) is 12.7 Å². The number of pyridine rings is 1. The lowest BCUT2D eigenvalue weighted by molar-refractivity contribution is -0.121. The number of rotatable bonds is 5. The molecule has 0 bridgehead atoms. The molecule has 0 saturated carbocycles. The van der Waals surface area contributed by atoms with Crippen LogP contribution < -0.4 is 15.2 Å². The largest absolute Gasteiger partial charge is 0.402 e. The molecule has 0 aliphatic heterocycles. The topological polar surface area (TPSA) is 97.1 Å². The van der Waals surface area contributed by atoms with Crippen LogP contribution in [0.5, 0.6) is 0 Å². The number of aromatic nitrogens is 1. The molecule has 10 heteroatoms. The van der Waals surface area contributed by atoms with Gasteiger partial charge in [0.15, 0.2) is 0 Å². The van der Waals surface area contributed by atoms with Crippen LogP contribution in [0.2, 0.25) is 0 Å². The monoisotopic (exact) mass is 284 g/mol. The van der Waals surface area contributed by atoms with Crippen molar-refractivity contribution in [1.29, 1.82) is 0 Å². The van der Waals surface area contributed by atoms with Crippen LogP contribution in [-0.4, -0.2) is 26.1 Å². The molecule has 0 aliphatic rings. The number of hydrogen-bond acceptors (Lipinski definition) is 4. The van der Waals surface area contributed by atoms with E-state index >= 15 is 0 Å². The Morgan fingerprint density at radius 1 is 1.33 bits per heavy atom. The third-order valence-electron chi connectivity index (χ3n) is 1.76. The van der Waals surface area contributed by atoms with Crippen molar-refractivity contribution in [3.05, 3.63) is 23.9 Å². The summed E-state index contributed by atoms with van der Waals surface area (Å²) in [5.41, 5.74) is 5.97. The van der Waals surface area contributed by atoms with E-state index in [1.807, 2.05) is 4.72 Å². The molecule has 0 atom stereocenters. The Hall–Kier alpha value is -1.39. The number of halogens is 3. The molecule has 18 heavy (non-hydrogen) atoms. The van der Waals surface area contributed by atoms with Crippen molar-refractivity contribution in [2.45, 2.75) is 12.7 Å². The van der Waals surface area contributed by atoms with Gasteiger partial charge in [-0.1, -0.05) is 6.07 Å². The third-order valence-corrected chi connectivity index (χ3v) is 2.76. The van der Waals surface area contributed by atoms with E-state index in [2.05, 4.69) is 4.98 Å². The van der Waals surface area contributed by atoms with Crippen molar-refractivity contribution < 1.29 is 21.6 Å². The van der Waals surface area contributed by atoms with Gasteiger partial charge in [-0.3, -0.25) is 4.72 Å². The van der Waals surface area contributed by atoms with Gasteiger partial charge in [0.25, 0.3) is 0 Å². The van der Waals surface area contributed by atoms with E-state index in [0.717, 1.165) is 0 Å². The Bertz CT molecular complexity index is 486. The second kappa shape index (κ2) is 5.50. The first-order valence-electron chi connectivity index (χ1n) is 4.71. The molecule has 0 saturated heterocycles. The van der Waals surface area contributed by atoms with E-state index in [4.69, 9.17) is 5.73 Å². The van der Waals surface area contributed by atoms with Gasteiger partial charge in [0.05, 0.1) is 0 Å². The van der Waals surface area contributed by atoms with Crippen molar-refractivity contribution in [3.8, 4) is 0 Å². The van der Waals surface area contributed by atoms with Crippen LogP contribution in [0.1, 0.15) is 5.56 Å². The Morgan fingerprint density at radius 3 is 2.44 bits per heavy atom. The van der Waals surface area contributed by atoms with E-state index in [9.17, 15) is 21.6 Å². The van der Waals surface area contributed by atoms with Gasteiger partial charge in [-0.25, -0.2) is 4.98 Å². The van der Waals surface area contributed by atoms with Crippen LogP contribution >= 0.6 is 0 Å². The second-order valence-corrected chi connectivity index (χ2v) is 4.80. The SMILES string of the molecule is NCc1ccc(NS(=O)(=O)NCC(F)(F)F)nc1. The van der Waals surface area contributed by atoms with E-state index in [-0.39, 0.29) is 12.4 Å². The average molecular weight is 284 g/mol. The first kappa shape index (κ1) is 14.7. The van der Waals surface area contributed by atoms with Crippen LogP contribution in [0, 0.1) is 0 Å². The molecule has 0 fully saturated rings. The number of nitrogens with two attached hydrogens (primary N) is 1. The fraction of sp³-hybridized carbons (Fsp3) is 0.375. The fourth-order valence-electron chi connectivity index (χ4n) is 0.956. The molecule has 1 rings (SSSR count). The second-order valence-electron chi connectivity index (χ2n) is 3.30. The van der Waals surface area contributed by atoms with Crippen LogP contribution in [0.15, 0.2) is 18.3 Å². The van der Waals surface area contributed by atoms with Crippen molar-refractivity contribution in [1.82, 2.24) is 9.71 Å². The summed E-state index contributed by atoms with van der Waals surface area (Å²) >= 11 is 0. The predicted molar refractivity (Wildman–Crippen MR) is 58.7 cm³/mol. The number of anilines is 1. The maximum Gasteiger partial charge on any atom is 0.402 e. The first-order chi connectivity index (χ1) is 8.22. The molecule has 0 aliphatic carbocycles. The normalized spacial score (nSPS) is 12.4. The van der Waals surface area contributed by atoms with Gasteiger partial charge in [-0.15, -0.1) is 0 Å². The van der Waals surface area contributed by atoms with Crippen molar-refractivity contribution in [2.75, 3.05) is 11.3 Å². The summed E-state index contributed by atoms with van der Waals surface area (Å²) < 4.78 is 61.1. The van der Waals surface area contributed by atoms with Crippen LogP contribution in [0.3, 0.4) is 0 Å². The lowest BCUT2D eigenvalue weighted by atomic mass is 10.3. The summed E-state index contributed by atoms with van der Waals surface area (Å²) in [6, 6.07) is 2.81. The van der Waals surface area contributed by atoms with E-state index in [1.54, 1.807) is 0 Å². The minimum absolute atomic E-state index is 0.0955. The molecule has 0 spiro atoms. The summed E-state index contributed by atoms with van der Waals surface area (Å²) in [7, 11) is -4.30. The minimum Gasteiger partial charge on any atom is -0.326 e. The van der Waals surface area contributed by atoms with Crippen molar-refractivity contribution in [3.63, 3.8) is 0 Å². The maximum atomic E-state index is 11.8. The molecular weight excluding hydrogens is 273 g/mol. The zero-order valence-electron chi connectivity index (χ0n) is 9.03. The molecule has 6 nitrogen and oxygen atoms in total. The number of nitrogens with one attached hydrogen (secondary N) is 2. The lowest BCUT2D eigenvalue weighted by Crippen LogP contribution is -2.37. The molecule has 0 radical (unpaired) electrons. The smallest absolute Gasteiger partial charge is 0.326 e. The van der Waals surface area contributed by atoms with Gasteiger partial charge >= 0.3 is 16.4 Å². The Labute approximate surface area is 102 Å². The summed E-state index contributed by atoms with van der Waals surface area (Å²) in [5, 5.41) is 0. The highest BCUT2D eigenvalue weighted by molar-refractivity contribution is 7.90. The number of nitrogens with zero attached hydrogens (tertiary/aromatic N) is 1. The molecule has 102 valence electrons.